The lowest BCUT2D eigenvalue weighted by atomic mass is 10.2. The topological polar surface area (TPSA) is 104 Å². The summed E-state index contributed by atoms with van der Waals surface area (Å²) >= 11 is 0. The Morgan fingerprint density at radius 3 is 2.89 bits per heavy atom. The van der Waals surface area contributed by atoms with Gasteiger partial charge in [0.1, 0.15) is 11.3 Å². The van der Waals surface area contributed by atoms with Gasteiger partial charge in [0.05, 0.1) is 0 Å². The molecule has 1 amide bonds. The van der Waals surface area contributed by atoms with Gasteiger partial charge in [-0.3, -0.25) is 4.79 Å². The van der Waals surface area contributed by atoms with E-state index in [4.69, 9.17) is 10.2 Å². The van der Waals surface area contributed by atoms with Gasteiger partial charge in [-0.15, -0.1) is 0 Å². The van der Waals surface area contributed by atoms with Crippen LogP contribution < -0.4 is 5.32 Å². The third-order valence-corrected chi connectivity index (χ3v) is 2.59. The van der Waals surface area contributed by atoms with E-state index in [9.17, 15) is 9.59 Å². The lowest BCUT2D eigenvalue weighted by molar-refractivity contribution is -0.146. The Hall–Kier alpha value is -2.41. The molecule has 1 atom stereocenters. The molecule has 19 heavy (non-hydrogen) atoms. The molecule has 0 saturated carbocycles. The van der Waals surface area contributed by atoms with Crippen molar-refractivity contribution in [2.24, 2.45) is 0 Å². The average molecular weight is 263 g/mol. The van der Waals surface area contributed by atoms with Crippen LogP contribution in [0.2, 0.25) is 0 Å². The molecule has 2 aromatic rings. The molecule has 0 spiro atoms. The van der Waals surface area contributed by atoms with Gasteiger partial charge >= 0.3 is 5.97 Å². The molecular formula is C12H13N3O4. The largest absolute Gasteiger partial charge is 0.479 e. The van der Waals surface area contributed by atoms with E-state index in [0.29, 0.717) is 5.65 Å². The number of aliphatic carboxylic acids is 1. The van der Waals surface area contributed by atoms with Crippen LogP contribution in [0.5, 0.6) is 0 Å². The fourth-order valence-electron chi connectivity index (χ4n) is 1.58. The highest BCUT2D eigenvalue weighted by Gasteiger charge is 2.14. The number of hydrogen-bond donors (Lipinski definition) is 3. The van der Waals surface area contributed by atoms with Crippen LogP contribution >= 0.6 is 0 Å². The third-order valence-electron chi connectivity index (χ3n) is 2.59. The Balaban J connectivity index is 1.94. The summed E-state index contributed by atoms with van der Waals surface area (Å²) < 4.78 is 1.71. The lowest BCUT2D eigenvalue weighted by Crippen LogP contribution is -2.30. The van der Waals surface area contributed by atoms with Crippen molar-refractivity contribution in [2.75, 3.05) is 6.54 Å². The molecule has 2 aromatic heterocycles. The summed E-state index contributed by atoms with van der Waals surface area (Å²) in [5.41, 5.74) is 0.897. The molecule has 7 heteroatoms. The Morgan fingerprint density at radius 1 is 1.42 bits per heavy atom. The zero-order valence-electron chi connectivity index (χ0n) is 9.98. The summed E-state index contributed by atoms with van der Waals surface area (Å²) in [7, 11) is 0. The maximum absolute atomic E-state index is 11.7. The van der Waals surface area contributed by atoms with Crippen molar-refractivity contribution in [1.82, 2.24) is 14.7 Å². The molecule has 0 aliphatic heterocycles. The van der Waals surface area contributed by atoms with Gasteiger partial charge in [0, 0.05) is 25.4 Å². The Labute approximate surface area is 108 Å². The number of nitrogens with zero attached hydrogens (tertiary/aromatic N) is 2. The Morgan fingerprint density at radius 2 is 2.21 bits per heavy atom. The fraction of sp³-hybridized carbons (Fsp3) is 0.250. The molecule has 3 N–H and O–H groups in total. The molecule has 0 aliphatic rings. The van der Waals surface area contributed by atoms with E-state index >= 15 is 0 Å². The highest BCUT2D eigenvalue weighted by atomic mass is 16.4. The second-order valence-corrected chi connectivity index (χ2v) is 3.99. The normalized spacial score (nSPS) is 12.3. The summed E-state index contributed by atoms with van der Waals surface area (Å²) in [5, 5.41) is 20.0. The number of carbonyl (C=O) groups is 2. The number of fused-ring (bicyclic) bond motifs is 1. The second kappa shape index (κ2) is 5.49. The molecule has 0 unspecified atom stereocenters. The van der Waals surface area contributed by atoms with Crippen LogP contribution in [-0.2, 0) is 4.79 Å². The first-order chi connectivity index (χ1) is 9.08. The maximum atomic E-state index is 11.7. The molecule has 100 valence electrons. The first kappa shape index (κ1) is 13.0. The first-order valence-corrected chi connectivity index (χ1v) is 5.71. The summed E-state index contributed by atoms with van der Waals surface area (Å²) in [6, 6.07) is 5.40. The minimum atomic E-state index is -1.47. The number of amides is 1. The molecule has 0 fully saturated rings. The van der Waals surface area contributed by atoms with E-state index < -0.39 is 18.0 Å². The number of nitrogens with one attached hydrogen (secondary N) is 1. The highest BCUT2D eigenvalue weighted by Crippen LogP contribution is 2.04. The number of carboxylic acid groups (broad SMARTS) is 1. The van der Waals surface area contributed by atoms with E-state index in [1.807, 2.05) is 12.1 Å². The minimum Gasteiger partial charge on any atom is -0.479 e. The first-order valence-electron chi connectivity index (χ1n) is 5.71. The van der Waals surface area contributed by atoms with Crippen LogP contribution in [0.3, 0.4) is 0 Å². The van der Waals surface area contributed by atoms with Crippen molar-refractivity contribution < 1.29 is 19.8 Å². The number of aromatic nitrogens is 2. The fourth-order valence-corrected chi connectivity index (χ4v) is 1.58. The van der Waals surface area contributed by atoms with Crippen LogP contribution in [-0.4, -0.2) is 44.1 Å². The Bertz CT molecular complexity index is 575. The second-order valence-electron chi connectivity index (χ2n) is 3.99. The predicted molar refractivity (Wildman–Crippen MR) is 65.8 cm³/mol. The number of aliphatic hydroxyl groups is 1. The van der Waals surface area contributed by atoms with Gasteiger partial charge in [0.2, 0.25) is 0 Å². The van der Waals surface area contributed by atoms with Gasteiger partial charge in [-0.2, -0.15) is 0 Å². The molecule has 0 aliphatic carbocycles. The number of pyridine rings is 1. The van der Waals surface area contributed by atoms with E-state index in [1.54, 1.807) is 22.9 Å². The summed E-state index contributed by atoms with van der Waals surface area (Å²) in [6.45, 7) is 0.0696. The Kier molecular flexibility index (Phi) is 3.76. The molecule has 0 saturated heterocycles. The van der Waals surface area contributed by atoms with Crippen molar-refractivity contribution in [3.8, 4) is 0 Å². The lowest BCUT2D eigenvalue weighted by Gasteiger charge is -2.05. The molecule has 7 nitrogen and oxygen atoms in total. The summed E-state index contributed by atoms with van der Waals surface area (Å²) in [4.78, 5) is 26.3. The van der Waals surface area contributed by atoms with Gasteiger partial charge in [-0.25, -0.2) is 9.78 Å². The third kappa shape index (κ3) is 3.08. The van der Waals surface area contributed by atoms with E-state index in [0.717, 1.165) is 0 Å². The van der Waals surface area contributed by atoms with Crippen LogP contribution in [0.1, 0.15) is 16.9 Å². The van der Waals surface area contributed by atoms with Crippen molar-refractivity contribution >= 4 is 17.5 Å². The predicted octanol–water partition coefficient (Wildman–Crippen LogP) is -0.100. The van der Waals surface area contributed by atoms with Crippen LogP contribution in [0.15, 0.2) is 30.6 Å². The van der Waals surface area contributed by atoms with Crippen LogP contribution in [0, 0.1) is 0 Å². The number of aliphatic hydroxyl groups excluding tert-OH is 1. The average Bonchev–Trinajstić information content (AvgIpc) is 2.82. The number of rotatable bonds is 5. The van der Waals surface area contributed by atoms with Gasteiger partial charge < -0.3 is 19.9 Å². The SMILES string of the molecule is O=C(NCC[C@H](O)C(=O)O)c1cn2ccccc2n1. The number of carbonyl (C=O) groups excluding carboxylic acids is 1. The van der Waals surface area contributed by atoms with Crippen LogP contribution in [0.25, 0.3) is 5.65 Å². The molecule has 0 bridgehead atoms. The van der Waals surface area contributed by atoms with E-state index in [1.165, 1.54) is 0 Å². The van der Waals surface area contributed by atoms with Gasteiger partial charge in [-0.1, -0.05) is 6.07 Å². The van der Waals surface area contributed by atoms with Crippen molar-refractivity contribution in [1.29, 1.82) is 0 Å². The minimum absolute atomic E-state index is 0.0472. The van der Waals surface area contributed by atoms with Crippen molar-refractivity contribution in [2.45, 2.75) is 12.5 Å². The zero-order valence-corrected chi connectivity index (χ0v) is 9.98. The van der Waals surface area contributed by atoms with Crippen molar-refractivity contribution in [3.63, 3.8) is 0 Å². The quantitative estimate of drug-likeness (QED) is 0.698. The molecular weight excluding hydrogens is 250 g/mol. The van der Waals surface area contributed by atoms with Crippen molar-refractivity contribution in [3.05, 3.63) is 36.3 Å². The maximum Gasteiger partial charge on any atom is 0.332 e. The van der Waals surface area contributed by atoms with E-state index in [-0.39, 0.29) is 18.7 Å². The van der Waals surface area contributed by atoms with E-state index in [2.05, 4.69) is 10.3 Å². The zero-order chi connectivity index (χ0) is 13.8. The molecule has 0 radical (unpaired) electrons. The standard InChI is InChI=1S/C12H13N3O4/c16-9(12(18)19)4-5-13-11(17)8-7-15-6-2-1-3-10(15)14-8/h1-3,6-7,9,16H,4-5H2,(H,13,17)(H,18,19)/t9-/m0/s1. The highest BCUT2D eigenvalue weighted by molar-refractivity contribution is 5.92. The molecule has 2 heterocycles. The molecule has 2 rings (SSSR count). The smallest absolute Gasteiger partial charge is 0.332 e. The monoisotopic (exact) mass is 263 g/mol. The van der Waals surface area contributed by atoms with Crippen LogP contribution in [0.4, 0.5) is 0 Å². The molecule has 0 aromatic carbocycles. The van der Waals surface area contributed by atoms with Gasteiger partial charge in [0.15, 0.2) is 6.10 Å². The number of imidazole rings is 1. The number of hydrogen-bond acceptors (Lipinski definition) is 4. The summed E-state index contributed by atoms with van der Waals surface area (Å²) in [5.74, 6) is -1.71. The van der Waals surface area contributed by atoms with Gasteiger partial charge in [0.25, 0.3) is 5.91 Å². The summed E-state index contributed by atoms with van der Waals surface area (Å²) in [6.07, 6.45) is 1.83. The van der Waals surface area contributed by atoms with Gasteiger partial charge in [-0.05, 0) is 12.1 Å². The number of carboxylic acids is 1.